The molecule has 1 aromatic rings. The SMILES string of the molecule is CCCNCc1scc(C)c1S(=O)(=O)NCC(C)(C)SC. The van der Waals surface area contributed by atoms with Crippen LogP contribution in [0.5, 0.6) is 0 Å². The number of rotatable bonds is 9. The van der Waals surface area contributed by atoms with Gasteiger partial charge < -0.3 is 5.32 Å². The summed E-state index contributed by atoms with van der Waals surface area (Å²) in [6.45, 7) is 9.94. The van der Waals surface area contributed by atoms with Crippen LogP contribution in [0.4, 0.5) is 0 Å². The second kappa shape index (κ2) is 7.97. The third-order valence-electron chi connectivity index (χ3n) is 3.21. The zero-order valence-electron chi connectivity index (χ0n) is 13.4. The molecule has 0 amide bonds. The molecule has 2 N–H and O–H groups in total. The highest BCUT2D eigenvalue weighted by molar-refractivity contribution is 8.00. The van der Waals surface area contributed by atoms with Crippen LogP contribution in [0.3, 0.4) is 0 Å². The van der Waals surface area contributed by atoms with E-state index >= 15 is 0 Å². The Morgan fingerprint density at radius 1 is 1.38 bits per heavy atom. The van der Waals surface area contributed by atoms with Gasteiger partial charge in [0, 0.05) is 22.7 Å². The van der Waals surface area contributed by atoms with E-state index in [4.69, 9.17) is 0 Å². The lowest BCUT2D eigenvalue weighted by molar-refractivity contribution is 0.568. The predicted octanol–water partition coefficient (Wildman–Crippen LogP) is 2.98. The summed E-state index contributed by atoms with van der Waals surface area (Å²) in [5.41, 5.74) is 0.822. The van der Waals surface area contributed by atoms with E-state index in [2.05, 4.69) is 17.0 Å². The van der Waals surface area contributed by atoms with Gasteiger partial charge in [-0.15, -0.1) is 11.3 Å². The highest BCUT2D eigenvalue weighted by atomic mass is 32.2. The Kier molecular flexibility index (Phi) is 7.19. The molecule has 0 fully saturated rings. The quantitative estimate of drug-likeness (QED) is 0.672. The molecule has 1 rings (SSSR count). The topological polar surface area (TPSA) is 58.2 Å². The van der Waals surface area contributed by atoms with Crippen molar-refractivity contribution in [3.8, 4) is 0 Å². The average molecular weight is 351 g/mol. The molecule has 0 spiro atoms. The van der Waals surface area contributed by atoms with Gasteiger partial charge in [-0.1, -0.05) is 6.92 Å². The Labute approximate surface area is 137 Å². The van der Waals surface area contributed by atoms with E-state index < -0.39 is 10.0 Å². The average Bonchev–Trinajstić information content (AvgIpc) is 2.79. The van der Waals surface area contributed by atoms with Crippen LogP contribution in [-0.4, -0.2) is 32.5 Å². The summed E-state index contributed by atoms with van der Waals surface area (Å²) in [5.74, 6) is 0. The molecule has 0 atom stereocenters. The van der Waals surface area contributed by atoms with Gasteiger partial charge in [0.15, 0.2) is 0 Å². The molecule has 1 aromatic heterocycles. The molecule has 0 unspecified atom stereocenters. The summed E-state index contributed by atoms with van der Waals surface area (Å²) in [6, 6.07) is 0. The molecule has 0 bridgehead atoms. The van der Waals surface area contributed by atoms with Crippen molar-refractivity contribution in [1.29, 1.82) is 0 Å². The van der Waals surface area contributed by atoms with E-state index in [1.807, 2.05) is 32.4 Å². The van der Waals surface area contributed by atoms with Gasteiger partial charge in [-0.2, -0.15) is 11.8 Å². The second-order valence-corrected chi connectivity index (χ2v) is 9.82. The van der Waals surface area contributed by atoms with Gasteiger partial charge in [0.05, 0.1) is 0 Å². The van der Waals surface area contributed by atoms with Crippen LogP contribution in [-0.2, 0) is 16.6 Å². The Morgan fingerprint density at radius 3 is 2.62 bits per heavy atom. The lowest BCUT2D eigenvalue weighted by atomic mass is 10.2. The maximum atomic E-state index is 12.6. The van der Waals surface area contributed by atoms with Gasteiger partial charge in [-0.05, 0) is 50.9 Å². The predicted molar refractivity (Wildman–Crippen MR) is 93.8 cm³/mol. The molecule has 0 saturated carbocycles. The smallest absolute Gasteiger partial charge is 0.242 e. The molecule has 0 aliphatic heterocycles. The van der Waals surface area contributed by atoms with Gasteiger partial charge in [-0.25, -0.2) is 13.1 Å². The van der Waals surface area contributed by atoms with Crippen LogP contribution in [0.15, 0.2) is 10.3 Å². The zero-order chi connectivity index (χ0) is 16.1. The molecule has 21 heavy (non-hydrogen) atoms. The highest BCUT2D eigenvalue weighted by Gasteiger charge is 2.25. The van der Waals surface area contributed by atoms with Crippen molar-refractivity contribution in [2.45, 2.75) is 50.3 Å². The molecule has 0 aromatic carbocycles. The van der Waals surface area contributed by atoms with Gasteiger partial charge in [0.2, 0.25) is 10.0 Å². The number of nitrogens with one attached hydrogen (secondary N) is 2. The maximum Gasteiger partial charge on any atom is 0.242 e. The van der Waals surface area contributed by atoms with Crippen molar-refractivity contribution in [3.63, 3.8) is 0 Å². The minimum atomic E-state index is -3.45. The highest BCUT2D eigenvalue weighted by Crippen LogP contribution is 2.27. The Bertz CT molecular complexity index is 551. The first-order valence-corrected chi connectivity index (χ1v) is 10.6. The molecular weight excluding hydrogens is 324 g/mol. The van der Waals surface area contributed by atoms with Crippen molar-refractivity contribution in [2.24, 2.45) is 0 Å². The third-order valence-corrected chi connectivity index (χ3v) is 7.32. The Morgan fingerprint density at radius 2 is 2.05 bits per heavy atom. The number of hydrogen-bond acceptors (Lipinski definition) is 5. The first-order valence-electron chi connectivity index (χ1n) is 7.06. The van der Waals surface area contributed by atoms with Crippen molar-refractivity contribution in [1.82, 2.24) is 10.0 Å². The number of aryl methyl sites for hydroxylation is 1. The maximum absolute atomic E-state index is 12.6. The number of hydrogen-bond donors (Lipinski definition) is 2. The fraction of sp³-hybridized carbons (Fsp3) is 0.714. The van der Waals surface area contributed by atoms with Crippen LogP contribution in [0.2, 0.25) is 0 Å². The molecule has 122 valence electrons. The summed E-state index contributed by atoms with van der Waals surface area (Å²) >= 11 is 3.16. The molecule has 0 aliphatic rings. The van der Waals surface area contributed by atoms with E-state index in [1.54, 1.807) is 11.8 Å². The fourth-order valence-corrected chi connectivity index (χ4v) is 5.06. The van der Waals surface area contributed by atoms with Crippen LogP contribution in [0.1, 0.15) is 37.6 Å². The summed E-state index contributed by atoms with van der Waals surface area (Å²) in [7, 11) is -3.45. The van der Waals surface area contributed by atoms with Crippen molar-refractivity contribution >= 4 is 33.1 Å². The first kappa shape index (κ1) is 19.0. The van der Waals surface area contributed by atoms with Crippen LogP contribution < -0.4 is 10.0 Å². The monoisotopic (exact) mass is 350 g/mol. The zero-order valence-corrected chi connectivity index (χ0v) is 15.9. The van der Waals surface area contributed by atoms with E-state index in [9.17, 15) is 8.42 Å². The molecule has 0 radical (unpaired) electrons. The summed E-state index contributed by atoms with van der Waals surface area (Å²) < 4.78 is 27.8. The molecule has 4 nitrogen and oxygen atoms in total. The van der Waals surface area contributed by atoms with E-state index in [-0.39, 0.29) is 4.75 Å². The van der Waals surface area contributed by atoms with Gasteiger partial charge >= 0.3 is 0 Å². The molecule has 1 heterocycles. The van der Waals surface area contributed by atoms with Gasteiger partial charge in [0.25, 0.3) is 0 Å². The Balaban J connectivity index is 2.89. The van der Waals surface area contributed by atoms with Crippen LogP contribution in [0, 0.1) is 6.92 Å². The minimum Gasteiger partial charge on any atom is -0.312 e. The minimum absolute atomic E-state index is 0.113. The van der Waals surface area contributed by atoms with Gasteiger partial charge in [-0.3, -0.25) is 0 Å². The van der Waals surface area contributed by atoms with Crippen molar-refractivity contribution in [2.75, 3.05) is 19.3 Å². The second-order valence-electron chi connectivity index (χ2n) is 5.64. The van der Waals surface area contributed by atoms with E-state index in [1.165, 1.54) is 11.3 Å². The number of sulfonamides is 1. The van der Waals surface area contributed by atoms with Crippen molar-refractivity contribution < 1.29 is 8.42 Å². The molecule has 7 heteroatoms. The fourth-order valence-electron chi connectivity index (χ4n) is 1.76. The summed E-state index contributed by atoms with van der Waals surface area (Å²) in [6.07, 6.45) is 3.02. The molecule has 0 saturated heterocycles. The van der Waals surface area contributed by atoms with E-state index in [0.29, 0.717) is 18.0 Å². The lowest BCUT2D eigenvalue weighted by Gasteiger charge is -2.22. The summed E-state index contributed by atoms with van der Waals surface area (Å²) in [4.78, 5) is 1.34. The first-order chi connectivity index (χ1) is 9.73. The normalized spacial score (nSPS) is 12.8. The molecule has 0 aliphatic carbocycles. The number of thioether (sulfide) groups is 1. The number of thiophene rings is 1. The van der Waals surface area contributed by atoms with Crippen LogP contribution >= 0.6 is 23.1 Å². The van der Waals surface area contributed by atoms with E-state index in [0.717, 1.165) is 23.4 Å². The van der Waals surface area contributed by atoms with Gasteiger partial charge in [0.1, 0.15) is 4.90 Å². The third kappa shape index (κ3) is 5.56. The largest absolute Gasteiger partial charge is 0.312 e. The molecular formula is C14H26N2O2S3. The standard InChI is InChI=1S/C14H26N2O2S3/c1-6-7-15-8-12-13(11(2)9-20-12)21(17,18)16-10-14(3,4)19-5/h9,15-16H,6-8,10H2,1-5H3. The summed E-state index contributed by atoms with van der Waals surface area (Å²) in [5, 5.41) is 5.19. The Hall–Kier alpha value is -0.0800. The lowest BCUT2D eigenvalue weighted by Crippen LogP contribution is -2.36. The van der Waals surface area contributed by atoms with Crippen molar-refractivity contribution in [3.05, 3.63) is 15.8 Å². The van der Waals surface area contributed by atoms with Crippen LogP contribution in [0.25, 0.3) is 0 Å².